The lowest BCUT2D eigenvalue weighted by Crippen LogP contribution is -2.25. The number of imidazole rings is 1. The lowest BCUT2D eigenvalue weighted by atomic mass is 10.1. The molecule has 1 aromatic heterocycles. The molecule has 1 N–H and O–H groups in total. The predicted octanol–water partition coefficient (Wildman–Crippen LogP) is 2.87. The fourth-order valence-corrected chi connectivity index (χ4v) is 2.73. The summed E-state index contributed by atoms with van der Waals surface area (Å²) in [5.41, 5.74) is 2.55. The lowest BCUT2D eigenvalue weighted by molar-refractivity contribution is 0.0949. The standard InChI is InChI=1S/C19H21N3O3/c1-24-14-8-9-18(25-2)15(12-14)19(23)20-10-5-11-22-13-21-16-6-3-4-7-17(16)22/h3-4,6-9,12-13H,5,10-11H2,1-2H3,(H,20,23). The molecule has 6 heteroatoms. The molecule has 0 fully saturated rings. The average molecular weight is 339 g/mol. The molecule has 0 saturated carbocycles. The zero-order valence-electron chi connectivity index (χ0n) is 14.4. The van der Waals surface area contributed by atoms with E-state index in [1.54, 1.807) is 32.4 Å². The van der Waals surface area contributed by atoms with Crippen LogP contribution in [0.1, 0.15) is 16.8 Å². The number of rotatable bonds is 7. The summed E-state index contributed by atoms with van der Waals surface area (Å²) in [7, 11) is 3.11. The maximum absolute atomic E-state index is 12.4. The fourth-order valence-electron chi connectivity index (χ4n) is 2.73. The van der Waals surface area contributed by atoms with Gasteiger partial charge in [-0.1, -0.05) is 12.1 Å². The minimum atomic E-state index is -0.175. The maximum atomic E-state index is 12.4. The number of benzene rings is 2. The van der Waals surface area contributed by atoms with Gasteiger partial charge in [-0.05, 0) is 36.8 Å². The highest BCUT2D eigenvalue weighted by Crippen LogP contribution is 2.23. The minimum Gasteiger partial charge on any atom is -0.497 e. The molecular formula is C19H21N3O3. The van der Waals surface area contributed by atoms with Crippen molar-refractivity contribution in [1.29, 1.82) is 0 Å². The van der Waals surface area contributed by atoms with Crippen molar-refractivity contribution in [3.8, 4) is 11.5 Å². The van der Waals surface area contributed by atoms with Gasteiger partial charge in [0.1, 0.15) is 11.5 Å². The predicted molar refractivity (Wildman–Crippen MR) is 96.2 cm³/mol. The number of nitrogens with zero attached hydrogens (tertiary/aromatic N) is 2. The SMILES string of the molecule is COc1ccc(OC)c(C(=O)NCCCn2cnc3ccccc32)c1. The number of carbonyl (C=O) groups is 1. The van der Waals surface area contributed by atoms with Crippen LogP contribution < -0.4 is 14.8 Å². The van der Waals surface area contributed by atoms with Crippen LogP contribution >= 0.6 is 0 Å². The molecule has 1 heterocycles. The number of aryl methyl sites for hydroxylation is 1. The smallest absolute Gasteiger partial charge is 0.255 e. The van der Waals surface area contributed by atoms with E-state index >= 15 is 0 Å². The van der Waals surface area contributed by atoms with Crippen LogP contribution in [0.4, 0.5) is 0 Å². The molecule has 0 aliphatic carbocycles. The van der Waals surface area contributed by atoms with Crippen molar-refractivity contribution >= 4 is 16.9 Å². The number of para-hydroxylation sites is 2. The van der Waals surface area contributed by atoms with Crippen LogP contribution in [-0.4, -0.2) is 36.2 Å². The molecule has 130 valence electrons. The van der Waals surface area contributed by atoms with E-state index in [9.17, 15) is 4.79 Å². The van der Waals surface area contributed by atoms with Crippen LogP contribution in [0, 0.1) is 0 Å². The van der Waals surface area contributed by atoms with Gasteiger partial charge in [0.15, 0.2) is 0 Å². The first-order valence-corrected chi connectivity index (χ1v) is 8.13. The third-order valence-corrected chi connectivity index (χ3v) is 4.04. The normalized spacial score (nSPS) is 10.6. The van der Waals surface area contributed by atoms with Crippen LogP contribution in [-0.2, 0) is 6.54 Å². The largest absolute Gasteiger partial charge is 0.497 e. The summed E-state index contributed by atoms with van der Waals surface area (Å²) in [4.78, 5) is 16.8. The first-order chi connectivity index (χ1) is 12.2. The van der Waals surface area contributed by atoms with Gasteiger partial charge < -0.3 is 19.4 Å². The number of amides is 1. The molecule has 0 spiro atoms. The first kappa shape index (κ1) is 16.8. The van der Waals surface area contributed by atoms with Crippen molar-refractivity contribution in [1.82, 2.24) is 14.9 Å². The zero-order valence-corrected chi connectivity index (χ0v) is 14.4. The molecule has 6 nitrogen and oxygen atoms in total. The molecule has 1 amide bonds. The van der Waals surface area contributed by atoms with E-state index in [1.165, 1.54) is 0 Å². The number of hydrogen-bond donors (Lipinski definition) is 1. The molecule has 0 aliphatic heterocycles. The Morgan fingerprint density at radius 2 is 2.00 bits per heavy atom. The van der Waals surface area contributed by atoms with E-state index in [1.807, 2.05) is 30.6 Å². The Kier molecular flexibility index (Phi) is 5.18. The van der Waals surface area contributed by atoms with Crippen molar-refractivity contribution in [2.45, 2.75) is 13.0 Å². The van der Waals surface area contributed by atoms with E-state index in [0.29, 0.717) is 23.6 Å². The van der Waals surface area contributed by atoms with E-state index in [-0.39, 0.29) is 5.91 Å². The molecule has 0 saturated heterocycles. The van der Waals surface area contributed by atoms with Gasteiger partial charge in [0, 0.05) is 13.1 Å². The number of fused-ring (bicyclic) bond motifs is 1. The van der Waals surface area contributed by atoms with E-state index < -0.39 is 0 Å². The van der Waals surface area contributed by atoms with Gasteiger partial charge in [-0.3, -0.25) is 4.79 Å². The zero-order chi connectivity index (χ0) is 17.6. The number of nitrogens with one attached hydrogen (secondary N) is 1. The molecule has 0 aliphatic rings. The summed E-state index contributed by atoms with van der Waals surface area (Å²) in [5.74, 6) is 0.973. The van der Waals surface area contributed by atoms with E-state index in [4.69, 9.17) is 9.47 Å². The van der Waals surface area contributed by atoms with Gasteiger partial charge in [0.25, 0.3) is 5.91 Å². The second kappa shape index (κ2) is 7.70. The van der Waals surface area contributed by atoms with Crippen molar-refractivity contribution in [3.63, 3.8) is 0 Å². The van der Waals surface area contributed by atoms with Crippen molar-refractivity contribution < 1.29 is 14.3 Å². The molecule has 2 aromatic carbocycles. The highest BCUT2D eigenvalue weighted by Gasteiger charge is 2.13. The van der Waals surface area contributed by atoms with Gasteiger partial charge in [0.2, 0.25) is 0 Å². The highest BCUT2D eigenvalue weighted by molar-refractivity contribution is 5.97. The summed E-state index contributed by atoms with van der Waals surface area (Å²) in [6, 6.07) is 13.2. The van der Waals surface area contributed by atoms with Crippen LogP contribution in [0.25, 0.3) is 11.0 Å². The molecule has 25 heavy (non-hydrogen) atoms. The van der Waals surface area contributed by atoms with Gasteiger partial charge in [-0.15, -0.1) is 0 Å². The number of carbonyl (C=O) groups excluding carboxylic acids is 1. The van der Waals surface area contributed by atoms with Crippen LogP contribution in [0.2, 0.25) is 0 Å². The minimum absolute atomic E-state index is 0.175. The number of hydrogen-bond acceptors (Lipinski definition) is 4. The van der Waals surface area contributed by atoms with Gasteiger partial charge >= 0.3 is 0 Å². The summed E-state index contributed by atoms with van der Waals surface area (Å²) in [6.07, 6.45) is 2.63. The molecule has 0 bridgehead atoms. The second-order valence-corrected chi connectivity index (χ2v) is 5.60. The third-order valence-electron chi connectivity index (χ3n) is 4.04. The monoisotopic (exact) mass is 339 g/mol. The molecule has 0 atom stereocenters. The average Bonchev–Trinajstić information content (AvgIpc) is 3.07. The highest BCUT2D eigenvalue weighted by atomic mass is 16.5. The summed E-state index contributed by atoms with van der Waals surface area (Å²) < 4.78 is 12.5. The molecule has 3 rings (SSSR count). The topological polar surface area (TPSA) is 65.4 Å². The number of aromatic nitrogens is 2. The summed E-state index contributed by atoms with van der Waals surface area (Å²) in [5, 5.41) is 2.93. The Labute approximate surface area is 146 Å². The fraction of sp³-hybridized carbons (Fsp3) is 0.263. The summed E-state index contributed by atoms with van der Waals surface area (Å²) >= 11 is 0. The first-order valence-electron chi connectivity index (χ1n) is 8.13. The molecule has 0 unspecified atom stereocenters. The Hall–Kier alpha value is -3.02. The van der Waals surface area contributed by atoms with Gasteiger partial charge in [-0.25, -0.2) is 4.98 Å². The van der Waals surface area contributed by atoms with Crippen LogP contribution in [0.15, 0.2) is 48.8 Å². The van der Waals surface area contributed by atoms with Gasteiger partial charge in [-0.2, -0.15) is 0 Å². The molecular weight excluding hydrogens is 318 g/mol. The van der Waals surface area contributed by atoms with Crippen LogP contribution in [0.3, 0.4) is 0 Å². The third kappa shape index (κ3) is 3.74. The molecule has 0 radical (unpaired) electrons. The maximum Gasteiger partial charge on any atom is 0.255 e. The van der Waals surface area contributed by atoms with E-state index in [0.717, 1.165) is 24.0 Å². The number of ether oxygens (including phenoxy) is 2. The Bertz CT molecular complexity index is 873. The van der Waals surface area contributed by atoms with Gasteiger partial charge in [0.05, 0.1) is 37.1 Å². The number of methoxy groups -OCH3 is 2. The lowest BCUT2D eigenvalue weighted by Gasteiger charge is -2.11. The Morgan fingerprint density at radius 3 is 2.80 bits per heavy atom. The molecule has 3 aromatic rings. The quantitative estimate of drug-likeness (QED) is 0.672. The Morgan fingerprint density at radius 1 is 1.16 bits per heavy atom. The van der Waals surface area contributed by atoms with Crippen molar-refractivity contribution in [3.05, 3.63) is 54.4 Å². The van der Waals surface area contributed by atoms with E-state index in [2.05, 4.69) is 14.9 Å². The van der Waals surface area contributed by atoms with Crippen LogP contribution in [0.5, 0.6) is 11.5 Å². The Balaban J connectivity index is 1.58. The summed E-state index contributed by atoms with van der Waals surface area (Å²) in [6.45, 7) is 1.35. The second-order valence-electron chi connectivity index (χ2n) is 5.60. The van der Waals surface area contributed by atoms with Crippen molar-refractivity contribution in [2.24, 2.45) is 0 Å². The van der Waals surface area contributed by atoms with Crippen molar-refractivity contribution in [2.75, 3.05) is 20.8 Å².